The summed E-state index contributed by atoms with van der Waals surface area (Å²) in [7, 11) is 0. The first-order valence-corrected chi connectivity index (χ1v) is 4.73. The summed E-state index contributed by atoms with van der Waals surface area (Å²) in [5, 5.41) is 3.41. The summed E-state index contributed by atoms with van der Waals surface area (Å²) >= 11 is 0. The van der Waals surface area contributed by atoms with Gasteiger partial charge in [-0.1, -0.05) is 19.4 Å². The zero-order valence-corrected chi connectivity index (χ0v) is 7.73. The second-order valence-corrected chi connectivity index (χ2v) is 2.89. The second-order valence-electron chi connectivity index (χ2n) is 2.89. The number of rotatable bonds is 8. The Bertz CT molecular complexity index is 78.9. The van der Waals surface area contributed by atoms with E-state index in [-0.39, 0.29) is 0 Å². The number of nitrogens with one attached hydrogen (secondary N) is 1. The Balaban J connectivity index is 2.74. The van der Waals surface area contributed by atoms with Gasteiger partial charge in [-0.3, -0.25) is 0 Å². The first kappa shape index (κ1) is 10.7. The highest BCUT2D eigenvalue weighted by atomic mass is 14.8. The molecule has 0 amide bonds. The lowest BCUT2D eigenvalue weighted by molar-refractivity contribution is 0.602. The maximum Gasteiger partial charge on any atom is -0.00488 e. The summed E-state index contributed by atoms with van der Waals surface area (Å²) in [5.41, 5.74) is 0. The molecule has 0 aliphatic carbocycles. The van der Waals surface area contributed by atoms with Crippen LogP contribution in [0.1, 0.15) is 39.0 Å². The van der Waals surface area contributed by atoms with E-state index in [4.69, 9.17) is 0 Å². The molecule has 1 nitrogen and oxygen atoms in total. The molecule has 0 aromatic heterocycles. The van der Waals surface area contributed by atoms with Crippen LogP contribution in [-0.2, 0) is 0 Å². The minimum absolute atomic E-state index is 1.16. The third-order valence-corrected chi connectivity index (χ3v) is 1.72. The third-order valence-electron chi connectivity index (χ3n) is 1.72. The van der Waals surface area contributed by atoms with E-state index >= 15 is 0 Å². The quantitative estimate of drug-likeness (QED) is 0.420. The van der Waals surface area contributed by atoms with Gasteiger partial charge in [0.2, 0.25) is 0 Å². The first-order chi connectivity index (χ1) is 5.41. The molecule has 0 rings (SSSR count). The van der Waals surface area contributed by atoms with Gasteiger partial charge in [0.15, 0.2) is 0 Å². The molecule has 0 bridgehead atoms. The molecular formula is C10H21N. The van der Waals surface area contributed by atoms with Crippen molar-refractivity contribution in [2.45, 2.75) is 39.0 Å². The third kappa shape index (κ3) is 9.70. The molecule has 11 heavy (non-hydrogen) atoms. The van der Waals surface area contributed by atoms with Gasteiger partial charge < -0.3 is 5.32 Å². The molecule has 66 valence electrons. The van der Waals surface area contributed by atoms with Gasteiger partial charge >= 0.3 is 0 Å². The second kappa shape index (κ2) is 9.70. The van der Waals surface area contributed by atoms with Crippen molar-refractivity contribution in [2.75, 3.05) is 13.1 Å². The van der Waals surface area contributed by atoms with E-state index in [9.17, 15) is 0 Å². The van der Waals surface area contributed by atoms with Crippen LogP contribution in [-0.4, -0.2) is 13.1 Å². The van der Waals surface area contributed by atoms with Crippen molar-refractivity contribution in [2.24, 2.45) is 0 Å². The molecule has 0 radical (unpaired) electrons. The van der Waals surface area contributed by atoms with Gasteiger partial charge in [-0.25, -0.2) is 0 Å². The Morgan fingerprint density at radius 3 is 2.55 bits per heavy atom. The Hall–Kier alpha value is -0.300. The van der Waals surface area contributed by atoms with Crippen LogP contribution in [0, 0.1) is 0 Å². The van der Waals surface area contributed by atoms with Crippen LogP contribution in [0.3, 0.4) is 0 Å². The van der Waals surface area contributed by atoms with Crippen LogP contribution in [0.5, 0.6) is 0 Å². The lowest BCUT2D eigenvalue weighted by Gasteiger charge is -2.01. The first-order valence-electron chi connectivity index (χ1n) is 4.73. The van der Waals surface area contributed by atoms with Crippen LogP contribution < -0.4 is 5.32 Å². The van der Waals surface area contributed by atoms with Crippen molar-refractivity contribution in [3.63, 3.8) is 0 Å². The van der Waals surface area contributed by atoms with Gasteiger partial charge in [0.1, 0.15) is 0 Å². The monoisotopic (exact) mass is 155 g/mol. The normalized spacial score (nSPS) is 9.91. The number of unbranched alkanes of at least 4 members (excludes halogenated alkanes) is 3. The Kier molecular flexibility index (Phi) is 9.44. The lowest BCUT2D eigenvalue weighted by atomic mass is 10.2. The van der Waals surface area contributed by atoms with Gasteiger partial charge in [-0.2, -0.15) is 0 Å². The fourth-order valence-corrected chi connectivity index (χ4v) is 0.965. The minimum Gasteiger partial charge on any atom is -0.317 e. The van der Waals surface area contributed by atoms with E-state index in [2.05, 4.69) is 18.8 Å². The lowest BCUT2D eigenvalue weighted by Crippen LogP contribution is -2.16. The van der Waals surface area contributed by atoms with Crippen molar-refractivity contribution in [1.29, 1.82) is 0 Å². The molecule has 0 atom stereocenters. The predicted molar refractivity (Wildman–Crippen MR) is 51.8 cm³/mol. The zero-order valence-electron chi connectivity index (χ0n) is 7.73. The van der Waals surface area contributed by atoms with Crippen LogP contribution in [0.4, 0.5) is 0 Å². The maximum atomic E-state index is 3.69. The largest absolute Gasteiger partial charge is 0.317 e. The molecule has 0 saturated heterocycles. The zero-order chi connectivity index (χ0) is 8.36. The van der Waals surface area contributed by atoms with Crippen LogP contribution in [0.15, 0.2) is 12.7 Å². The van der Waals surface area contributed by atoms with E-state index in [1.807, 2.05) is 6.08 Å². The number of allylic oxidation sites excluding steroid dienone is 1. The summed E-state index contributed by atoms with van der Waals surface area (Å²) in [4.78, 5) is 0. The summed E-state index contributed by atoms with van der Waals surface area (Å²) in [6.45, 7) is 8.27. The molecule has 0 spiro atoms. The van der Waals surface area contributed by atoms with Gasteiger partial charge in [-0.05, 0) is 38.8 Å². The van der Waals surface area contributed by atoms with E-state index in [1.54, 1.807) is 0 Å². The van der Waals surface area contributed by atoms with Crippen LogP contribution >= 0.6 is 0 Å². The number of hydrogen-bond donors (Lipinski definition) is 1. The predicted octanol–water partition coefficient (Wildman–Crippen LogP) is 2.73. The maximum absolute atomic E-state index is 3.69. The molecule has 1 heteroatoms. The van der Waals surface area contributed by atoms with Gasteiger partial charge in [-0.15, -0.1) is 6.58 Å². The molecule has 0 aliphatic heterocycles. The summed E-state index contributed by atoms with van der Waals surface area (Å²) < 4.78 is 0. The van der Waals surface area contributed by atoms with Crippen molar-refractivity contribution in [3.8, 4) is 0 Å². The Morgan fingerprint density at radius 2 is 1.91 bits per heavy atom. The summed E-state index contributed by atoms with van der Waals surface area (Å²) in [6, 6.07) is 0. The average molecular weight is 155 g/mol. The van der Waals surface area contributed by atoms with Crippen molar-refractivity contribution < 1.29 is 0 Å². The molecule has 0 saturated carbocycles. The molecular weight excluding hydrogens is 134 g/mol. The summed E-state index contributed by atoms with van der Waals surface area (Å²) in [5.74, 6) is 0. The van der Waals surface area contributed by atoms with E-state index in [0.29, 0.717) is 0 Å². The van der Waals surface area contributed by atoms with Crippen LogP contribution in [0.2, 0.25) is 0 Å². The average Bonchev–Trinajstić information content (AvgIpc) is 2.03. The van der Waals surface area contributed by atoms with Crippen molar-refractivity contribution in [1.82, 2.24) is 5.32 Å². The SMILES string of the molecule is C=CCCCCNCCCC. The number of hydrogen-bond acceptors (Lipinski definition) is 1. The van der Waals surface area contributed by atoms with Gasteiger partial charge in [0.05, 0.1) is 0 Å². The highest BCUT2D eigenvalue weighted by Crippen LogP contribution is 1.93. The molecule has 1 N–H and O–H groups in total. The molecule has 0 aliphatic rings. The standard InChI is InChI=1S/C10H21N/c1-3-5-7-8-10-11-9-6-4-2/h3,11H,1,4-10H2,2H3. The van der Waals surface area contributed by atoms with E-state index in [1.165, 1.54) is 38.8 Å². The smallest absolute Gasteiger partial charge is 0.00488 e. The van der Waals surface area contributed by atoms with Crippen molar-refractivity contribution in [3.05, 3.63) is 12.7 Å². The van der Waals surface area contributed by atoms with E-state index < -0.39 is 0 Å². The van der Waals surface area contributed by atoms with Gasteiger partial charge in [0, 0.05) is 0 Å². The molecule has 0 unspecified atom stereocenters. The van der Waals surface area contributed by atoms with E-state index in [0.717, 1.165) is 6.42 Å². The molecule has 0 aromatic carbocycles. The van der Waals surface area contributed by atoms with Gasteiger partial charge in [0.25, 0.3) is 0 Å². The Morgan fingerprint density at radius 1 is 1.18 bits per heavy atom. The highest BCUT2D eigenvalue weighted by Gasteiger charge is 1.86. The summed E-state index contributed by atoms with van der Waals surface area (Å²) in [6.07, 6.45) is 8.32. The fourth-order valence-electron chi connectivity index (χ4n) is 0.965. The fraction of sp³-hybridized carbons (Fsp3) is 0.800. The Labute approximate surface area is 70.9 Å². The topological polar surface area (TPSA) is 12.0 Å². The molecule has 0 aromatic rings. The molecule has 0 fully saturated rings. The highest BCUT2D eigenvalue weighted by molar-refractivity contribution is 4.65. The molecule has 0 heterocycles. The van der Waals surface area contributed by atoms with Crippen LogP contribution in [0.25, 0.3) is 0 Å². The minimum atomic E-state index is 1.16. The van der Waals surface area contributed by atoms with Crippen molar-refractivity contribution >= 4 is 0 Å².